The fraction of sp³-hybridized carbons (Fsp3) is 0.467. The van der Waals surface area contributed by atoms with Gasteiger partial charge < -0.3 is 10.0 Å². The highest BCUT2D eigenvalue weighted by Crippen LogP contribution is 2.23. The number of benzene rings is 1. The number of aliphatic carboxylic acids is 1. The summed E-state index contributed by atoms with van der Waals surface area (Å²) in [6, 6.07) is 4.82. The van der Waals surface area contributed by atoms with E-state index in [1.807, 2.05) is 4.90 Å². The molecule has 1 unspecified atom stereocenters. The Kier molecular flexibility index (Phi) is 5.62. The SMILES string of the molecule is O=C(CCN1CCCC(C(=O)O)C1)c1ccc(Cl)cc1Cl. The molecule has 0 spiro atoms. The lowest BCUT2D eigenvalue weighted by Gasteiger charge is -2.30. The molecule has 1 N–H and O–H groups in total. The second-order valence-corrected chi connectivity index (χ2v) is 6.12. The van der Waals surface area contributed by atoms with Crippen LogP contribution in [-0.2, 0) is 4.79 Å². The van der Waals surface area contributed by atoms with Crippen LogP contribution in [0.5, 0.6) is 0 Å². The van der Waals surface area contributed by atoms with E-state index in [0.29, 0.717) is 41.5 Å². The molecular formula is C15H17Cl2NO3. The number of hydrogen-bond acceptors (Lipinski definition) is 3. The first-order chi connectivity index (χ1) is 9.97. The number of carboxylic acid groups (broad SMARTS) is 1. The maximum atomic E-state index is 12.2. The number of hydrogen-bond donors (Lipinski definition) is 1. The summed E-state index contributed by atoms with van der Waals surface area (Å²) in [5.41, 5.74) is 0.466. The predicted molar refractivity (Wildman–Crippen MR) is 82.2 cm³/mol. The first-order valence-corrected chi connectivity index (χ1v) is 7.66. The van der Waals surface area contributed by atoms with Gasteiger partial charge in [0, 0.05) is 30.1 Å². The van der Waals surface area contributed by atoms with E-state index in [4.69, 9.17) is 28.3 Å². The first kappa shape index (κ1) is 16.3. The zero-order chi connectivity index (χ0) is 15.4. The van der Waals surface area contributed by atoms with Crippen molar-refractivity contribution < 1.29 is 14.7 Å². The first-order valence-electron chi connectivity index (χ1n) is 6.91. The van der Waals surface area contributed by atoms with E-state index in [9.17, 15) is 9.59 Å². The zero-order valence-electron chi connectivity index (χ0n) is 11.5. The summed E-state index contributed by atoms with van der Waals surface area (Å²) in [5.74, 6) is -1.13. The molecule has 6 heteroatoms. The van der Waals surface area contributed by atoms with Crippen molar-refractivity contribution in [1.29, 1.82) is 0 Å². The summed E-state index contributed by atoms with van der Waals surface area (Å²) in [5, 5.41) is 9.90. The molecule has 1 saturated heterocycles. The molecule has 1 aliphatic rings. The van der Waals surface area contributed by atoms with Crippen LogP contribution in [0.1, 0.15) is 29.6 Å². The highest BCUT2D eigenvalue weighted by atomic mass is 35.5. The number of carboxylic acids is 1. The molecule has 1 aromatic rings. The third kappa shape index (κ3) is 4.43. The van der Waals surface area contributed by atoms with Crippen LogP contribution in [-0.4, -0.2) is 41.4 Å². The third-order valence-electron chi connectivity index (χ3n) is 3.74. The monoisotopic (exact) mass is 329 g/mol. The Labute approximate surface area is 133 Å². The molecule has 4 nitrogen and oxygen atoms in total. The average molecular weight is 330 g/mol. The number of nitrogens with zero attached hydrogens (tertiary/aromatic N) is 1. The number of carbonyl (C=O) groups excluding carboxylic acids is 1. The van der Waals surface area contributed by atoms with Crippen LogP contribution in [0.3, 0.4) is 0 Å². The van der Waals surface area contributed by atoms with Gasteiger partial charge in [0.25, 0.3) is 0 Å². The molecule has 0 aromatic heterocycles. The third-order valence-corrected chi connectivity index (χ3v) is 4.29. The van der Waals surface area contributed by atoms with Crippen LogP contribution in [0, 0.1) is 5.92 Å². The number of ketones is 1. The summed E-state index contributed by atoms with van der Waals surface area (Å²) in [7, 11) is 0. The Balaban J connectivity index is 1.90. The van der Waals surface area contributed by atoms with Crippen molar-refractivity contribution in [2.45, 2.75) is 19.3 Å². The van der Waals surface area contributed by atoms with E-state index in [1.165, 1.54) is 0 Å². The van der Waals surface area contributed by atoms with Gasteiger partial charge in [-0.15, -0.1) is 0 Å². The number of piperidine rings is 1. The van der Waals surface area contributed by atoms with E-state index >= 15 is 0 Å². The molecule has 0 bridgehead atoms. The molecule has 1 fully saturated rings. The van der Waals surface area contributed by atoms with Crippen LogP contribution in [0.4, 0.5) is 0 Å². The Hall–Kier alpha value is -1.10. The number of rotatable bonds is 5. The quantitative estimate of drug-likeness (QED) is 0.841. The van der Waals surface area contributed by atoms with Gasteiger partial charge in [0.1, 0.15) is 0 Å². The van der Waals surface area contributed by atoms with E-state index in [-0.39, 0.29) is 11.7 Å². The largest absolute Gasteiger partial charge is 0.481 e. The smallest absolute Gasteiger partial charge is 0.307 e. The minimum Gasteiger partial charge on any atom is -0.481 e. The molecule has 0 amide bonds. The topological polar surface area (TPSA) is 57.6 Å². The summed E-state index contributed by atoms with van der Waals surface area (Å²) in [4.78, 5) is 25.2. The molecular weight excluding hydrogens is 313 g/mol. The second kappa shape index (κ2) is 7.25. The molecule has 0 aliphatic carbocycles. The van der Waals surface area contributed by atoms with Crippen LogP contribution >= 0.6 is 23.2 Å². The van der Waals surface area contributed by atoms with E-state index in [1.54, 1.807) is 18.2 Å². The van der Waals surface area contributed by atoms with Crippen molar-refractivity contribution in [1.82, 2.24) is 4.90 Å². The van der Waals surface area contributed by atoms with Crippen molar-refractivity contribution >= 4 is 35.0 Å². The molecule has 2 rings (SSSR count). The molecule has 0 saturated carbocycles. The van der Waals surface area contributed by atoms with Crippen LogP contribution < -0.4 is 0 Å². The van der Waals surface area contributed by atoms with Gasteiger partial charge in [0.05, 0.1) is 10.9 Å². The van der Waals surface area contributed by atoms with Crippen LogP contribution in [0.25, 0.3) is 0 Å². The normalized spacial score (nSPS) is 19.4. The Morgan fingerprint density at radius 2 is 2.10 bits per heavy atom. The fourth-order valence-corrected chi connectivity index (χ4v) is 3.08. The van der Waals surface area contributed by atoms with E-state index in [2.05, 4.69) is 0 Å². The van der Waals surface area contributed by atoms with Crippen molar-refractivity contribution in [2.24, 2.45) is 5.92 Å². The molecule has 1 aromatic carbocycles. The van der Waals surface area contributed by atoms with Crippen molar-refractivity contribution in [3.05, 3.63) is 33.8 Å². The molecule has 114 valence electrons. The lowest BCUT2D eigenvalue weighted by molar-refractivity contribution is -0.143. The molecule has 1 heterocycles. The fourth-order valence-electron chi connectivity index (χ4n) is 2.57. The zero-order valence-corrected chi connectivity index (χ0v) is 13.0. The van der Waals surface area contributed by atoms with Gasteiger partial charge in [-0.1, -0.05) is 23.2 Å². The van der Waals surface area contributed by atoms with Crippen molar-refractivity contribution in [3.8, 4) is 0 Å². The number of halogens is 2. The van der Waals surface area contributed by atoms with Crippen molar-refractivity contribution in [3.63, 3.8) is 0 Å². The summed E-state index contributed by atoms with van der Waals surface area (Å²) in [6.07, 6.45) is 1.89. The van der Waals surface area contributed by atoms with Gasteiger partial charge in [0.2, 0.25) is 0 Å². The highest BCUT2D eigenvalue weighted by Gasteiger charge is 2.25. The molecule has 1 atom stereocenters. The number of Topliss-reactive ketones (excluding diaryl/α,β-unsaturated/α-hetero) is 1. The summed E-state index contributed by atoms with van der Waals surface area (Å²) in [6.45, 7) is 1.91. The Bertz CT molecular complexity index is 548. The molecule has 1 aliphatic heterocycles. The maximum absolute atomic E-state index is 12.2. The highest BCUT2D eigenvalue weighted by molar-refractivity contribution is 6.36. The molecule has 21 heavy (non-hydrogen) atoms. The Morgan fingerprint density at radius 1 is 1.33 bits per heavy atom. The molecule has 0 radical (unpaired) electrons. The standard InChI is InChI=1S/C15H17Cl2NO3/c16-11-3-4-12(13(17)8-11)14(19)5-7-18-6-1-2-10(9-18)15(20)21/h3-4,8,10H,1-2,5-7,9H2,(H,20,21). The predicted octanol–water partition coefficient (Wildman–Crippen LogP) is 3.36. The summed E-state index contributed by atoms with van der Waals surface area (Å²) >= 11 is 11.8. The minimum atomic E-state index is -0.758. The van der Waals surface area contributed by atoms with Crippen molar-refractivity contribution in [2.75, 3.05) is 19.6 Å². The average Bonchev–Trinajstić information content (AvgIpc) is 2.45. The van der Waals surface area contributed by atoms with Gasteiger partial charge in [-0.3, -0.25) is 9.59 Å². The lowest BCUT2D eigenvalue weighted by atomic mass is 9.98. The van der Waals surface area contributed by atoms with Gasteiger partial charge in [-0.05, 0) is 37.6 Å². The van der Waals surface area contributed by atoms with Gasteiger partial charge in [-0.2, -0.15) is 0 Å². The van der Waals surface area contributed by atoms with Gasteiger partial charge in [-0.25, -0.2) is 0 Å². The van der Waals surface area contributed by atoms with Crippen LogP contribution in [0.15, 0.2) is 18.2 Å². The van der Waals surface area contributed by atoms with Gasteiger partial charge in [0.15, 0.2) is 5.78 Å². The van der Waals surface area contributed by atoms with Crippen LogP contribution in [0.2, 0.25) is 10.0 Å². The van der Waals surface area contributed by atoms with E-state index < -0.39 is 5.97 Å². The summed E-state index contributed by atoms with van der Waals surface area (Å²) < 4.78 is 0. The second-order valence-electron chi connectivity index (χ2n) is 5.28. The van der Waals surface area contributed by atoms with E-state index in [0.717, 1.165) is 13.0 Å². The van der Waals surface area contributed by atoms with Gasteiger partial charge >= 0.3 is 5.97 Å². The Morgan fingerprint density at radius 3 is 2.76 bits per heavy atom. The maximum Gasteiger partial charge on any atom is 0.307 e. The number of carbonyl (C=O) groups is 2. The lowest BCUT2D eigenvalue weighted by Crippen LogP contribution is -2.39. The minimum absolute atomic E-state index is 0.0471. The number of likely N-dealkylation sites (tertiary alicyclic amines) is 1.